The molecule has 0 atom stereocenters. The zero-order valence-electron chi connectivity index (χ0n) is 10.8. The molecule has 0 aromatic carbocycles. The topological polar surface area (TPSA) is 37.8 Å². The van der Waals surface area contributed by atoms with Gasteiger partial charge in [-0.15, -0.1) is 0 Å². The Hall–Kier alpha value is -0.770. The molecule has 0 amide bonds. The molecule has 0 aliphatic heterocycles. The van der Waals surface area contributed by atoms with E-state index in [-0.39, 0.29) is 0 Å². The Balaban J connectivity index is 2.86. The second-order valence-corrected chi connectivity index (χ2v) is 5.65. The predicted molar refractivity (Wildman–Crippen MR) is 72.1 cm³/mol. The first-order valence-electron chi connectivity index (χ1n) is 5.74. The van der Waals surface area contributed by atoms with Crippen molar-refractivity contribution in [2.24, 2.45) is 0 Å². The van der Waals surface area contributed by atoms with Gasteiger partial charge in [-0.25, -0.2) is 9.97 Å². The Bertz CT molecular complexity index is 350. The molecule has 1 rings (SSSR count). The highest BCUT2D eigenvalue weighted by molar-refractivity contribution is 7.99. The molecule has 0 aliphatic carbocycles. The van der Waals surface area contributed by atoms with Crippen LogP contribution in [0, 0.1) is 13.8 Å². The smallest absolute Gasteiger partial charge is 0.140 e. The third-order valence-corrected chi connectivity index (χ3v) is 3.42. The highest BCUT2D eigenvalue weighted by Gasteiger charge is 2.07. The van der Waals surface area contributed by atoms with Crippen LogP contribution in [0.15, 0.2) is 0 Å². The Labute approximate surface area is 102 Å². The van der Waals surface area contributed by atoms with E-state index in [4.69, 9.17) is 0 Å². The van der Waals surface area contributed by atoms with Crippen molar-refractivity contribution in [2.75, 3.05) is 11.9 Å². The largest absolute Gasteiger partial charge is 0.370 e. The monoisotopic (exact) mass is 239 g/mol. The number of nitrogens with zero attached hydrogens (tertiary/aromatic N) is 2. The summed E-state index contributed by atoms with van der Waals surface area (Å²) in [5.41, 5.74) is 2.23. The molecule has 0 saturated carbocycles. The van der Waals surface area contributed by atoms with Crippen LogP contribution in [0.2, 0.25) is 0 Å². The molecule has 1 aromatic heterocycles. The summed E-state index contributed by atoms with van der Waals surface area (Å²) in [7, 11) is 0. The van der Waals surface area contributed by atoms with Crippen LogP contribution in [0.5, 0.6) is 0 Å². The average molecular weight is 239 g/mol. The van der Waals surface area contributed by atoms with Crippen molar-refractivity contribution < 1.29 is 0 Å². The molecule has 0 unspecified atom stereocenters. The predicted octanol–water partition coefficient (Wildman–Crippen LogP) is 3.17. The molecule has 1 N–H and O–H groups in total. The van der Waals surface area contributed by atoms with E-state index < -0.39 is 0 Å². The van der Waals surface area contributed by atoms with Crippen LogP contribution in [0.4, 0.5) is 5.82 Å². The highest BCUT2D eigenvalue weighted by atomic mass is 32.2. The maximum atomic E-state index is 4.55. The number of hydrogen-bond donors (Lipinski definition) is 1. The van der Waals surface area contributed by atoms with Crippen molar-refractivity contribution in [3.8, 4) is 0 Å². The normalized spacial score (nSPS) is 10.9. The minimum atomic E-state index is 0.618. The number of nitrogens with one attached hydrogen (secondary N) is 1. The van der Waals surface area contributed by atoms with E-state index in [0.29, 0.717) is 5.25 Å². The summed E-state index contributed by atoms with van der Waals surface area (Å²) < 4.78 is 0. The molecule has 0 aliphatic rings. The second-order valence-electron chi connectivity index (χ2n) is 4.09. The Morgan fingerprint density at radius 2 is 1.94 bits per heavy atom. The van der Waals surface area contributed by atoms with Gasteiger partial charge in [0.25, 0.3) is 0 Å². The first-order chi connectivity index (χ1) is 7.54. The van der Waals surface area contributed by atoms with Crippen molar-refractivity contribution in [3.63, 3.8) is 0 Å². The Morgan fingerprint density at radius 1 is 1.25 bits per heavy atom. The van der Waals surface area contributed by atoms with Crippen molar-refractivity contribution in [1.29, 1.82) is 0 Å². The molecular formula is C12H21N3S. The van der Waals surface area contributed by atoms with E-state index in [0.717, 1.165) is 35.2 Å². The van der Waals surface area contributed by atoms with Crippen LogP contribution in [0.1, 0.15) is 37.9 Å². The van der Waals surface area contributed by atoms with Gasteiger partial charge in [0.15, 0.2) is 0 Å². The summed E-state index contributed by atoms with van der Waals surface area (Å²) >= 11 is 1.87. The Morgan fingerprint density at radius 3 is 2.50 bits per heavy atom. The number of hydrogen-bond acceptors (Lipinski definition) is 4. The van der Waals surface area contributed by atoms with Crippen molar-refractivity contribution in [1.82, 2.24) is 9.97 Å². The van der Waals surface area contributed by atoms with Gasteiger partial charge in [-0.1, -0.05) is 13.8 Å². The van der Waals surface area contributed by atoms with Gasteiger partial charge in [0.2, 0.25) is 0 Å². The maximum absolute atomic E-state index is 4.55. The molecule has 0 spiro atoms. The molecule has 16 heavy (non-hydrogen) atoms. The molecule has 90 valence electrons. The van der Waals surface area contributed by atoms with Gasteiger partial charge in [0, 0.05) is 17.8 Å². The first kappa shape index (κ1) is 13.3. The number of aryl methyl sites for hydroxylation is 1. The maximum Gasteiger partial charge on any atom is 0.140 e. The number of rotatable bonds is 5. The zero-order chi connectivity index (χ0) is 12.1. The molecule has 0 bridgehead atoms. The van der Waals surface area contributed by atoms with Crippen LogP contribution in [0.25, 0.3) is 0 Å². The summed E-state index contributed by atoms with van der Waals surface area (Å²) in [6, 6.07) is 0. The minimum absolute atomic E-state index is 0.618. The van der Waals surface area contributed by atoms with Crippen LogP contribution in [-0.4, -0.2) is 21.8 Å². The summed E-state index contributed by atoms with van der Waals surface area (Å²) in [4.78, 5) is 9.07. The van der Waals surface area contributed by atoms with Crippen molar-refractivity contribution in [2.45, 2.75) is 45.6 Å². The third kappa shape index (κ3) is 3.67. The van der Waals surface area contributed by atoms with Crippen LogP contribution in [0.3, 0.4) is 0 Å². The number of anilines is 1. The van der Waals surface area contributed by atoms with E-state index in [1.807, 2.05) is 18.7 Å². The number of aromatic nitrogens is 2. The van der Waals surface area contributed by atoms with E-state index in [1.165, 1.54) is 0 Å². The van der Waals surface area contributed by atoms with Crippen LogP contribution >= 0.6 is 11.8 Å². The SMILES string of the molecule is CCNc1nc(CSC(C)C)nc(C)c1C. The molecule has 3 nitrogen and oxygen atoms in total. The molecule has 1 aromatic rings. The van der Waals surface area contributed by atoms with Crippen molar-refractivity contribution in [3.05, 3.63) is 17.1 Å². The zero-order valence-corrected chi connectivity index (χ0v) is 11.6. The van der Waals surface area contributed by atoms with Crippen LogP contribution in [-0.2, 0) is 5.75 Å². The van der Waals surface area contributed by atoms with Gasteiger partial charge in [0.05, 0.1) is 5.75 Å². The second kappa shape index (κ2) is 6.09. The fourth-order valence-electron chi connectivity index (χ4n) is 1.33. The quantitative estimate of drug-likeness (QED) is 0.856. The van der Waals surface area contributed by atoms with Gasteiger partial charge in [0.1, 0.15) is 11.6 Å². The third-order valence-electron chi connectivity index (χ3n) is 2.33. The standard InChI is InChI=1S/C12H21N3S/c1-6-13-12-9(4)10(5)14-11(15-12)7-16-8(2)3/h8H,6-7H2,1-5H3,(H,13,14,15). The average Bonchev–Trinajstić information content (AvgIpc) is 2.22. The lowest BCUT2D eigenvalue weighted by Crippen LogP contribution is -2.07. The molecule has 0 radical (unpaired) electrons. The molecule has 0 saturated heterocycles. The lowest BCUT2D eigenvalue weighted by Gasteiger charge is -2.11. The van der Waals surface area contributed by atoms with E-state index in [1.54, 1.807) is 0 Å². The van der Waals surface area contributed by atoms with E-state index >= 15 is 0 Å². The fourth-order valence-corrected chi connectivity index (χ4v) is 1.94. The first-order valence-corrected chi connectivity index (χ1v) is 6.79. The van der Waals surface area contributed by atoms with E-state index in [2.05, 4.69) is 43.0 Å². The number of thioether (sulfide) groups is 1. The summed E-state index contributed by atoms with van der Waals surface area (Å²) in [5, 5.41) is 3.90. The van der Waals surface area contributed by atoms with Crippen molar-refractivity contribution >= 4 is 17.6 Å². The Kier molecular flexibility index (Phi) is 5.06. The van der Waals surface area contributed by atoms with Gasteiger partial charge in [-0.05, 0) is 26.0 Å². The summed E-state index contributed by atoms with van der Waals surface area (Å²) in [6.07, 6.45) is 0. The molecular weight excluding hydrogens is 218 g/mol. The summed E-state index contributed by atoms with van der Waals surface area (Å²) in [5.74, 6) is 2.80. The van der Waals surface area contributed by atoms with Crippen LogP contribution < -0.4 is 5.32 Å². The van der Waals surface area contributed by atoms with Gasteiger partial charge < -0.3 is 5.32 Å². The molecule has 1 heterocycles. The lowest BCUT2D eigenvalue weighted by atomic mass is 10.2. The van der Waals surface area contributed by atoms with E-state index in [9.17, 15) is 0 Å². The fraction of sp³-hybridized carbons (Fsp3) is 0.667. The minimum Gasteiger partial charge on any atom is -0.370 e. The molecule has 0 fully saturated rings. The van der Waals surface area contributed by atoms with Gasteiger partial charge >= 0.3 is 0 Å². The highest BCUT2D eigenvalue weighted by Crippen LogP contribution is 2.19. The molecule has 4 heteroatoms. The van der Waals surface area contributed by atoms with Gasteiger partial charge in [-0.3, -0.25) is 0 Å². The van der Waals surface area contributed by atoms with Gasteiger partial charge in [-0.2, -0.15) is 11.8 Å². The lowest BCUT2D eigenvalue weighted by molar-refractivity contribution is 0.960. The summed E-state index contributed by atoms with van der Waals surface area (Å²) in [6.45, 7) is 11.5.